The number of alkyl halides is 2. The maximum atomic E-state index is 14.8. The molecule has 0 radical (unpaired) electrons. The fourth-order valence-electron chi connectivity index (χ4n) is 4.05. The third-order valence-corrected chi connectivity index (χ3v) is 5.43. The first-order valence-corrected chi connectivity index (χ1v) is 8.86. The molecule has 144 valence electrons. The van der Waals surface area contributed by atoms with Crippen molar-refractivity contribution in [2.45, 2.75) is 31.9 Å². The molecule has 0 saturated heterocycles. The van der Waals surface area contributed by atoms with Crippen LogP contribution in [0.3, 0.4) is 0 Å². The summed E-state index contributed by atoms with van der Waals surface area (Å²) in [5, 5.41) is 0. The number of aromatic nitrogens is 1. The van der Waals surface area contributed by atoms with E-state index < -0.39 is 29.8 Å². The van der Waals surface area contributed by atoms with E-state index in [1.54, 1.807) is 32.3 Å². The van der Waals surface area contributed by atoms with Crippen molar-refractivity contribution >= 4 is 6.02 Å². The number of aliphatic imine (C=N–C) groups is 1. The van der Waals surface area contributed by atoms with Gasteiger partial charge in [0.05, 0.1) is 0 Å². The number of benzene rings is 1. The fourth-order valence-corrected chi connectivity index (χ4v) is 4.05. The van der Waals surface area contributed by atoms with Crippen LogP contribution in [0.4, 0.5) is 13.2 Å². The Balaban J connectivity index is 1.88. The van der Waals surface area contributed by atoms with Gasteiger partial charge in [-0.05, 0) is 30.7 Å². The Labute approximate surface area is 160 Å². The number of pyridine rings is 1. The lowest BCUT2D eigenvalue weighted by Gasteiger charge is -2.33. The van der Waals surface area contributed by atoms with Crippen LogP contribution in [0, 0.1) is 29.5 Å². The molecule has 1 fully saturated rings. The van der Waals surface area contributed by atoms with E-state index in [1.807, 2.05) is 0 Å². The van der Waals surface area contributed by atoms with Crippen LogP contribution in [0.5, 0.6) is 0 Å². The van der Waals surface area contributed by atoms with E-state index >= 15 is 0 Å². The highest BCUT2D eigenvalue weighted by Crippen LogP contribution is 2.59. The Morgan fingerprint density at radius 1 is 1.21 bits per heavy atom. The zero-order chi connectivity index (χ0) is 20.1. The van der Waals surface area contributed by atoms with Crippen LogP contribution in [0.1, 0.15) is 25.0 Å². The zero-order valence-electron chi connectivity index (χ0n) is 15.3. The Morgan fingerprint density at radius 2 is 2.00 bits per heavy atom. The van der Waals surface area contributed by atoms with Crippen molar-refractivity contribution < 1.29 is 17.9 Å². The number of nitrogens with two attached hydrogens (primary N) is 1. The number of nitrogens with zero attached hydrogens (tertiary/aromatic N) is 2. The minimum absolute atomic E-state index is 0.183. The van der Waals surface area contributed by atoms with Gasteiger partial charge < -0.3 is 10.5 Å². The minimum atomic E-state index is -2.94. The summed E-state index contributed by atoms with van der Waals surface area (Å²) in [6.07, 6.45) is -0.241. The van der Waals surface area contributed by atoms with Crippen molar-refractivity contribution in [3.8, 4) is 23.0 Å². The molecule has 1 saturated carbocycles. The maximum Gasteiger partial charge on any atom is 0.283 e. The number of amidine groups is 1. The van der Waals surface area contributed by atoms with Crippen LogP contribution in [0.15, 0.2) is 41.7 Å². The van der Waals surface area contributed by atoms with Gasteiger partial charge in [0.25, 0.3) is 12.4 Å². The predicted molar refractivity (Wildman–Crippen MR) is 99.0 cm³/mol. The standard InChI is InChI=1S/C21H18F3N3O/c1-3-4-12-7-14(10-26-9-12)13-5-6-16(22)15(8-13)21(19(23)24)17-11(2)18(17)28-20(25)27-21/h5-11,17-19H,1-2H3,(H2,25,27)/t11-,17+,18-,21-/m0/s1. The van der Waals surface area contributed by atoms with Gasteiger partial charge in [0.1, 0.15) is 11.9 Å². The second-order valence-electron chi connectivity index (χ2n) is 7.08. The summed E-state index contributed by atoms with van der Waals surface area (Å²) in [7, 11) is 0. The molecular formula is C21H18F3N3O. The molecule has 1 aromatic heterocycles. The van der Waals surface area contributed by atoms with Crippen molar-refractivity contribution in [2.24, 2.45) is 22.6 Å². The quantitative estimate of drug-likeness (QED) is 0.820. The number of halogens is 3. The number of hydrogen-bond donors (Lipinski definition) is 1. The van der Waals surface area contributed by atoms with Crippen LogP contribution in [0.25, 0.3) is 11.1 Å². The van der Waals surface area contributed by atoms with Crippen molar-refractivity contribution in [1.82, 2.24) is 4.98 Å². The summed E-state index contributed by atoms with van der Waals surface area (Å²) >= 11 is 0. The lowest BCUT2D eigenvalue weighted by atomic mass is 9.82. The molecule has 0 unspecified atom stereocenters. The molecule has 1 aromatic carbocycles. The smallest absolute Gasteiger partial charge is 0.283 e. The largest absolute Gasteiger partial charge is 0.461 e. The van der Waals surface area contributed by atoms with Gasteiger partial charge in [-0.2, -0.15) is 0 Å². The average Bonchev–Trinajstić information content (AvgIpc) is 3.31. The second kappa shape index (κ2) is 6.55. The predicted octanol–water partition coefficient (Wildman–Crippen LogP) is 3.70. The highest BCUT2D eigenvalue weighted by molar-refractivity contribution is 5.75. The Morgan fingerprint density at radius 3 is 2.71 bits per heavy atom. The van der Waals surface area contributed by atoms with E-state index in [0.29, 0.717) is 16.7 Å². The van der Waals surface area contributed by atoms with Crippen molar-refractivity contribution in [3.63, 3.8) is 0 Å². The molecule has 7 heteroatoms. The second-order valence-corrected chi connectivity index (χ2v) is 7.08. The summed E-state index contributed by atoms with van der Waals surface area (Å²) in [6.45, 7) is 3.48. The molecule has 2 aromatic rings. The normalized spacial score (nSPS) is 27.9. The van der Waals surface area contributed by atoms with Crippen LogP contribution < -0.4 is 5.73 Å². The van der Waals surface area contributed by atoms with E-state index in [9.17, 15) is 13.2 Å². The molecule has 1 aliphatic heterocycles. The van der Waals surface area contributed by atoms with Gasteiger partial charge in [0.2, 0.25) is 0 Å². The SMILES string of the molecule is CC#Cc1cncc(-c2ccc(F)c([C@]3(C(F)F)N=C(N)O[C@H]4[C@@H](C)[C@H]43)c2)c1. The number of hydrogen-bond acceptors (Lipinski definition) is 4. The van der Waals surface area contributed by atoms with Crippen molar-refractivity contribution in [3.05, 3.63) is 53.6 Å². The summed E-state index contributed by atoms with van der Waals surface area (Å²) < 4.78 is 48.8. The molecule has 0 amide bonds. The average molecular weight is 385 g/mol. The molecular weight excluding hydrogens is 367 g/mol. The van der Waals surface area contributed by atoms with E-state index in [-0.39, 0.29) is 17.5 Å². The third-order valence-electron chi connectivity index (χ3n) is 5.43. The van der Waals surface area contributed by atoms with Crippen molar-refractivity contribution in [2.75, 3.05) is 0 Å². The summed E-state index contributed by atoms with van der Waals surface area (Å²) in [4.78, 5) is 8.08. The molecule has 4 atom stereocenters. The van der Waals surface area contributed by atoms with Crippen LogP contribution in [0.2, 0.25) is 0 Å². The summed E-state index contributed by atoms with van der Waals surface area (Å²) in [5.74, 6) is 4.09. The van der Waals surface area contributed by atoms with Crippen molar-refractivity contribution in [1.29, 1.82) is 0 Å². The Hall–Kier alpha value is -3.01. The fraction of sp³-hybridized carbons (Fsp3) is 0.333. The van der Waals surface area contributed by atoms with E-state index in [0.717, 1.165) is 0 Å². The molecule has 2 heterocycles. The molecule has 4 rings (SSSR count). The first-order valence-electron chi connectivity index (χ1n) is 8.86. The summed E-state index contributed by atoms with van der Waals surface area (Å²) in [5.41, 5.74) is 5.29. The van der Waals surface area contributed by atoms with Gasteiger partial charge in [-0.25, -0.2) is 18.2 Å². The van der Waals surface area contributed by atoms with E-state index in [1.165, 1.54) is 18.2 Å². The van der Waals surface area contributed by atoms with Gasteiger partial charge in [0.15, 0.2) is 5.54 Å². The zero-order valence-corrected chi connectivity index (χ0v) is 15.3. The first-order chi connectivity index (χ1) is 13.4. The highest BCUT2D eigenvalue weighted by Gasteiger charge is 2.68. The van der Waals surface area contributed by atoms with Gasteiger partial charge >= 0.3 is 0 Å². The van der Waals surface area contributed by atoms with Gasteiger partial charge in [-0.15, -0.1) is 5.92 Å². The molecule has 0 spiro atoms. The molecule has 2 aliphatic rings. The Bertz CT molecular complexity index is 1030. The topological polar surface area (TPSA) is 60.5 Å². The molecule has 1 aliphatic carbocycles. The van der Waals surface area contributed by atoms with Crippen LogP contribution in [-0.2, 0) is 10.3 Å². The lowest BCUT2D eigenvalue weighted by Crippen LogP contribution is -2.43. The van der Waals surface area contributed by atoms with Gasteiger partial charge in [-0.1, -0.05) is 18.9 Å². The third kappa shape index (κ3) is 2.71. The number of rotatable bonds is 3. The minimum Gasteiger partial charge on any atom is -0.461 e. The highest BCUT2D eigenvalue weighted by atomic mass is 19.3. The lowest BCUT2D eigenvalue weighted by molar-refractivity contribution is 0.0168. The molecule has 2 N–H and O–H groups in total. The monoisotopic (exact) mass is 385 g/mol. The summed E-state index contributed by atoms with van der Waals surface area (Å²) in [6, 6.07) is 5.55. The van der Waals surface area contributed by atoms with E-state index in [4.69, 9.17) is 10.5 Å². The number of ether oxygens (including phenoxy) is 1. The van der Waals surface area contributed by atoms with Crippen LogP contribution >= 0.6 is 0 Å². The van der Waals surface area contributed by atoms with Gasteiger partial charge in [-0.3, -0.25) is 4.98 Å². The maximum absolute atomic E-state index is 14.8. The Kier molecular flexibility index (Phi) is 4.30. The molecule has 28 heavy (non-hydrogen) atoms. The van der Waals surface area contributed by atoms with Crippen LogP contribution in [-0.4, -0.2) is 23.5 Å². The number of fused-ring (bicyclic) bond motifs is 1. The van der Waals surface area contributed by atoms with Gasteiger partial charge in [0, 0.05) is 40.9 Å². The molecule has 4 nitrogen and oxygen atoms in total. The van der Waals surface area contributed by atoms with E-state index in [2.05, 4.69) is 21.8 Å². The molecule has 0 bridgehead atoms. The first kappa shape index (κ1) is 18.4.